The molecule has 1 heterocycles. The van der Waals surface area contributed by atoms with Crippen molar-refractivity contribution in [3.8, 4) is 0 Å². The molecule has 0 atom stereocenters. The minimum absolute atomic E-state index is 0.197. The summed E-state index contributed by atoms with van der Waals surface area (Å²) in [6, 6.07) is 1.13. The highest BCUT2D eigenvalue weighted by atomic mass is 32.1. The first-order chi connectivity index (χ1) is 8.67. The number of rotatable bonds is 6. The quantitative estimate of drug-likeness (QED) is 0.642. The standard InChI is InChI=1S/C9H9F3N2O4S/c10-9(11,12)5-13(3-8(15)16)2-6-1-7(14(17)18)19-4-6/h1,4H,2-3,5H2,(H,15,16). The van der Waals surface area contributed by atoms with Crippen molar-refractivity contribution < 1.29 is 28.0 Å². The lowest BCUT2D eigenvalue weighted by molar-refractivity contribution is -0.380. The summed E-state index contributed by atoms with van der Waals surface area (Å²) in [5.41, 5.74) is 0.280. The second kappa shape index (κ2) is 5.97. The van der Waals surface area contributed by atoms with Gasteiger partial charge in [0.25, 0.3) is 0 Å². The fraction of sp³-hybridized carbons (Fsp3) is 0.444. The van der Waals surface area contributed by atoms with Gasteiger partial charge >= 0.3 is 17.1 Å². The molecule has 0 fully saturated rings. The Morgan fingerprint density at radius 1 is 1.53 bits per heavy atom. The van der Waals surface area contributed by atoms with Gasteiger partial charge < -0.3 is 5.11 Å². The molecule has 0 aliphatic rings. The number of halogens is 3. The molecule has 0 radical (unpaired) electrons. The van der Waals surface area contributed by atoms with Crippen molar-refractivity contribution in [2.75, 3.05) is 13.1 Å². The number of hydrogen-bond acceptors (Lipinski definition) is 5. The van der Waals surface area contributed by atoms with Gasteiger partial charge in [0, 0.05) is 18.0 Å². The number of thiophene rings is 1. The summed E-state index contributed by atoms with van der Waals surface area (Å²) in [7, 11) is 0. The van der Waals surface area contributed by atoms with E-state index in [9.17, 15) is 28.1 Å². The van der Waals surface area contributed by atoms with Crippen molar-refractivity contribution >= 4 is 22.3 Å². The van der Waals surface area contributed by atoms with E-state index < -0.39 is 30.2 Å². The zero-order chi connectivity index (χ0) is 14.6. The molecule has 6 nitrogen and oxygen atoms in total. The van der Waals surface area contributed by atoms with Crippen LogP contribution >= 0.6 is 11.3 Å². The van der Waals surface area contributed by atoms with E-state index in [0.717, 1.165) is 17.4 Å². The molecule has 0 amide bonds. The summed E-state index contributed by atoms with van der Waals surface area (Å²) >= 11 is 0.782. The minimum atomic E-state index is -4.53. The molecule has 1 aromatic heterocycles. The fourth-order valence-electron chi connectivity index (χ4n) is 1.41. The van der Waals surface area contributed by atoms with Gasteiger partial charge in [0.05, 0.1) is 18.0 Å². The SMILES string of the molecule is O=C(O)CN(Cc1csc([N+](=O)[O-])c1)CC(F)(F)F. The summed E-state index contributed by atoms with van der Waals surface area (Å²) in [5.74, 6) is -1.39. The predicted octanol–water partition coefficient (Wildman–Crippen LogP) is 2.11. The number of carboxylic acids is 1. The maximum atomic E-state index is 12.3. The van der Waals surface area contributed by atoms with E-state index >= 15 is 0 Å². The highest BCUT2D eigenvalue weighted by molar-refractivity contribution is 7.13. The van der Waals surface area contributed by atoms with Crippen molar-refractivity contribution in [3.05, 3.63) is 27.1 Å². The number of hydrogen-bond donors (Lipinski definition) is 1. The monoisotopic (exact) mass is 298 g/mol. The molecular weight excluding hydrogens is 289 g/mol. The molecule has 0 unspecified atom stereocenters. The summed E-state index contributed by atoms with van der Waals surface area (Å²) in [5, 5.41) is 20.1. The maximum absolute atomic E-state index is 12.3. The molecule has 0 aliphatic heterocycles. The van der Waals surface area contributed by atoms with E-state index in [2.05, 4.69) is 0 Å². The Balaban J connectivity index is 2.75. The fourth-order valence-corrected chi connectivity index (χ4v) is 2.13. The van der Waals surface area contributed by atoms with Gasteiger partial charge in [0.1, 0.15) is 0 Å². The molecule has 0 saturated carbocycles. The van der Waals surface area contributed by atoms with Crippen molar-refractivity contribution in [3.63, 3.8) is 0 Å². The molecule has 1 rings (SSSR count). The van der Waals surface area contributed by atoms with Crippen LogP contribution in [0.5, 0.6) is 0 Å². The van der Waals surface area contributed by atoms with Crippen LogP contribution in [-0.4, -0.2) is 40.2 Å². The molecule has 106 valence electrons. The van der Waals surface area contributed by atoms with E-state index in [1.165, 1.54) is 5.38 Å². The number of alkyl halides is 3. The van der Waals surface area contributed by atoms with Gasteiger partial charge in [-0.1, -0.05) is 11.3 Å². The lowest BCUT2D eigenvalue weighted by atomic mass is 10.3. The minimum Gasteiger partial charge on any atom is -0.480 e. The van der Waals surface area contributed by atoms with Crippen LogP contribution in [0.2, 0.25) is 0 Å². The highest BCUT2D eigenvalue weighted by Gasteiger charge is 2.31. The largest absolute Gasteiger partial charge is 0.480 e. The molecule has 19 heavy (non-hydrogen) atoms. The second-order valence-corrected chi connectivity index (χ2v) is 4.59. The van der Waals surface area contributed by atoms with Crippen LogP contribution in [0.4, 0.5) is 18.2 Å². The van der Waals surface area contributed by atoms with Crippen LogP contribution in [0.25, 0.3) is 0 Å². The summed E-state index contributed by atoms with van der Waals surface area (Å²) in [6.45, 7) is -2.48. The Bertz CT molecular complexity index is 474. The third-order valence-electron chi connectivity index (χ3n) is 1.99. The Morgan fingerprint density at radius 2 is 2.16 bits per heavy atom. The molecule has 0 aromatic carbocycles. The smallest absolute Gasteiger partial charge is 0.401 e. The first-order valence-corrected chi connectivity index (χ1v) is 5.78. The summed E-state index contributed by atoms with van der Waals surface area (Å²) in [4.78, 5) is 20.9. The van der Waals surface area contributed by atoms with Crippen LogP contribution in [-0.2, 0) is 11.3 Å². The highest BCUT2D eigenvalue weighted by Crippen LogP contribution is 2.24. The lowest BCUT2D eigenvalue weighted by Crippen LogP contribution is -2.37. The number of nitrogens with zero attached hydrogens (tertiary/aromatic N) is 2. The molecule has 1 aromatic rings. The van der Waals surface area contributed by atoms with Gasteiger partial charge in [-0.25, -0.2) is 0 Å². The van der Waals surface area contributed by atoms with Crippen molar-refractivity contribution in [2.45, 2.75) is 12.7 Å². The summed E-state index contributed by atoms with van der Waals surface area (Å²) < 4.78 is 36.8. The van der Waals surface area contributed by atoms with Crippen molar-refractivity contribution in [1.29, 1.82) is 0 Å². The van der Waals surface area contributed by atoms with Crippen LogP contribution < -0.4 is 0 Å². The van der Waals surface area contributed by atoms with Crippen LogP contribution in [0.15, 0.2) is 11.4 Å². The normalized spacial score (nSPS) is 11.8. The third kappa shape index (κ3) is 5.66. The average Bonchev–Trinajstić information content (AvgIpc) is 2.62. The first-order valence-electron chi connectivity index (χ1n) is 4.90. The van der Waals surface area contributed by atoms with E-state index in [4.69, 9.17) is 5.11 Å². The van der Waals surface area contributed by atoms with Gasteiger partial charge in [0.2, 0.25) is 0 Å². The zero-order valence-corrected chi connectivity index (χ0v) is 10.2. The van der Waals surface area contributed by atoms with Crippen LogP contribution in [0, 0.1) is 10.1 Å². The average molecular weight is 298 g/mol. The van der Waals surface area contributed by atoms with Gasteiger partial charge in [0.15, 0.2) is 0 Å². The van der Waals surface area contributed by atoms with Crippen LogP contribution in [0.1, 0.15) is 5.56 Å². The summed E-state index contributed by atoms with van der Waals surface area (Å²) in [6.07, 6.45) is -4.53. The van der Waals surface area contributed by atoms with Gasteiger partial charge in [-0.2, -0.15) is 13.2 Å². The van der Waals surface area contributed by atoms with E-state index in [1.807, 2.05) is 0 Å². The molecule has 0 aliphatic carbocycles. The Labute approximate surface area is 109 Å². The molecular formula is C9H9F3N2O4S. The second-order valence-electron chi connectivity index (χ2n) is 3.70. The topological polar surface area (TPSA) is 83.7 Å². The first kappa shape index (κ1) is 15.4. The molecule has 0 saturated heterocycles. The van der Waals surface area contributed by atoms with E-state index in [0.29, 0.717) is 4.90 Å². The Kier molecular flexibility index (Phi) is 4.84. The third-order valence-corrected chi connectivity index (χ3v) is 2.92. The van der Waals surface area contributed by atoms with E-state index in [-0.39, 0.29) is 17.1 Å². The number of aliphatic carboxylic acids is 1. The Hall–Kier alpha value is -1.68. The van der Waals surface area contributed by atoms with Crippen molar-refractivity contribution in [1.82, 2.24) is 4.90 Å². The molecule has 0 spiro atoms. The Morgan fingerprint density at radius 3 is 2.58 bits per heavy atom. The maximum Gasteiger partial charge on any atom is 0.401 e. The lowest BCUT2D eigenvalue weighted by Gasteiger charge is -2.20. The predicted molar refractivity (Wildman–Crippen MR) is 59.9 cm³/mol. The van der Waals surface area contributed by atoms with Gasteiger partial charge in [-0.3, -0.25) is 19.8 Å². The number of carboxylic acid groups (broad SMARTS) is 1. The van der Waals surface area contributed by atoms with Crippen molar-refractivity contribution in [2.24, 2.45) is 0 Å². The number of carbonyl (C=O) groups is 1. The number of nitro groups is 1. The van der Waals surface area contributed by atoms with E-state index in [1.54, 1.807) is 0 Å². The van der Waals surface area contributed by atoms with Crippen LogP contribution in [0.3, 0.4) is 0 Å². The van der Waals surface area contributed by atoms with Gasteiger partial charge in [-0.15, -0.1) is 0 Å². The molecule has 10 heteroatoms. The van der Waals surface area contributed by atoms with Gasteiger partial charge in [-0.05, 0) is 5.56 Å². The molecule has 1 N–H and O–H groups in total. The molecule has 0 bridgehead atoms. The zero-order valence-electron chi connectivity index (χ0n) is 9.38.